The largest absolute Gasteiger partial charge is 0.394 e. The molecule has 0 saturated carbocycles. The first-order valence-electron chi connectivity index (χ1n) is 3.30. The number of nitrogens with zero attached hydrogens (tertiary/aromatic N) is 1. The SMILES string of the molecule is CONC(=O)N(C)C(C)CO. The first-order valence-corrected chi connectivity index (χ1v) is 3.30. The molecule has 2 amide bonds. The molecule has 0 saturated heterocycles. The molecule has 0 aliphatic rings. The Morgan fingerprint density at radius 3 is 2.73 bits per heavy atom. The molecule has 0 radical (unpaired) electrons. The second-order valence-corrected chi connectivity index (χ2v) is 2.25. The topological polar surface area (TPSA) is 61.8 Å². The van der Waals surface area contributed by atoms with Gasteiger partial charge in [-0.25, -0.2) is 10.3 Å². The molecule has 1 atom stereocenters. The van der Waals surface area contributed by atoms with Gasteiger partial charge in [0.05, 0.1) is 19.8 Å². The van der Waals surface area contributed by atoms with Crippen molar-refractivity contribution in [2.45, 2.75) is 13.0 Å². The first kappa shape index (κ1) is 10.2. The van der Waals surface area contributed by atoms with E-state index in [9.17, 15) is 4.79 Å². The van der Waals surface area contributed by atoms with E-state index in [1.54, 1.807) is 14.0 Å². The van der Waals surface area contributed by atoms with Crippen molar-refractivity contribution in [1.29, 1.82) is 0 Å². The second-order valence-electron chi connectivity index (χ2n) is 2.25. The molecule has 0 fully saturated rings. The Morgan fingerprint density at radius 1 is 1.82 bits per heavy atom. The van der Waals surface area contributed by atoms with Crippen LogP contribution in [0.1, 0.15) is 6.92 Å². The van der Waals surface area contributed by atoms with Crippen LogP contribution in [0, 0.1) is 0 Å². The molecule has 0 spiro atoms. The van der Waals surface area contributed by atoms with Gasteiger partial charge >= 0.3 is 6.03 Å². The lowest BCUT2D eigenvalue weighted by molar-refractivity contribution is 0.0780. The van der Waals surface area contributed by atoms with Crippen molar-refractivity contribution in [3.63, 3.8) is 0 Å². The summed E-state index contributed by atoms with van der Waals surface area (Å²) in [5, 5.41) is 8.66. The second kappa shape index (κ2) is 4.92. The van der Waals surface area contributed by atoms with Gasteiger partial charge in [0.15, 0.2) is 0 Å². The normalized spacial score (nSPS) is 12.4. The summed E-state index contributed by atoms with van der Waals surface area (Å²) in [6, 6.07) is -0.570. The van der Waals surface area contributed by atoms with Crippen LogP contribution in [0.4, 0.5) is 4.79 Å². The fraction of sp³-hybridized carbons (Fsp3) is 0.833. The number of likely N-dealkylation sites (N-methyl/N-ethyl adjacent to an activating group) is 1. The highest BCUT2D eigenvalue weighted by molar-refractivity contribution is 5.72. The lowest BCUT2D eigenvalue weighted by Gasteiger charge is -2.22. The average molecular weight is 162 g/mol. The number of hydrogen-bond acceptors (Lipinski definition) is 3. The van der Waals surface area contributed by atoms with E-state index < -0.39 is 0 Å². The van der Waals surface area contributed by atoms with Crippen molar-refractivity contribution in [3.05, 3.63) is 0 Å². The van der Waals surface area contributed by atoms with Gasteiger partial charge in [0.25, 0.3) is 0 Å². The lowest BCUT2D eigenvalue weighted by Crippen LogP contribution is -2.43. The number of aliphatic hydroxyl groups is 1. The summed E-state index contributed by atoms with van der Waals surface area (Å²) >= 11 is 0. The highest BCUT2D eigenvalue weighted by atomic mass is 16.6. The van der Waals surface area contributed by atoms with Crippen LogP contribution in [0.2, 0.25) is 0 Å². The number of hydrogen-bond donors (Lipinski definition) is 2. The number of aliphatic hydroxyl groups excluding tert-OH is 1. The van der Waals surface area contributed by atoms with Gasteiger partial charge in [-0.3, -0.25) is 4.84 Å². The number of hydroxylamine groups is 1. The van der Waals surface area contributed by atoms with Crippen molar-refractivity contribution in [1.82, 2.24) is 10.4 Å². The lowest BCUT2D eigenvalue weighted by atomic mass is 10.3. The summed E-state index contributed by atoms with van der Waals surface area (Å²) in [4.78, 5) is 16.7. The van der Waals surface area contributed by atoms with E-state index in [1.807, 2.05) is 0 Å². The Kier molecular flexibility index (Phi) is 4.56. The number of rotatable bonds is 3. The Bertz CT molecular complexity index is 129. The van der Waals surface area contributed by atoms with Crippen LogP contribution < -0.4 is 5.48 Å². The van der Waals surface area contributed by atoms with Crippen LogP contribution in [0.5, 0.6) is 0 Å². The number of carbonyl (C=O) groups excluding carboxylic acids is 1. The van der Waals surface area contributed by atoms with Gasteiger partial charge in [-0.1, -0.05) is 0 Å². The Morgan fingerprint density at radius 2 is 2.36 bits per heavy atom. The predicted octanol–water partition coefficient (Wildman–Crippen LogP) is -0.430. The molecule has 0 aliphatic carbocycles. The van der Waals surface area contributed by atoms with E-state index in [4.69, 9.17) is 5.11 Å². The Balaban J connectivity index is 3.80. The number of nitrogens with one attached hydrogen (secondary N) is 1. The van der Waals surface area contributed by atoms with Crippen LogP contribution >= 0.6 is 0 Å². The maximum Gasteiger partial charge on any atom is 0.341 e. The summed E-state index contributed by atoms with van der Waals surface area (Å²) in [5.41, 5.74) is 2.14. The molecule has 0 aromatic rings. The molecule has 0 rings (SSSR count). The number of amides is 2. The predicted molar refractivity (Wildman–Crippen MR) is 39.9 cm³/mol. The summed E-state index contributed by atoms with van der Waals surface area (Å²) in [6.07, 6.45) is 0. The fourth-order valence-corrected chi connectivity index (χ4v) is 0.482. The molecule has 1 unspecified atom stereocenters. The number of carbonyl (C=O) groups is 1. The molecular weight excluding hydrogens is 148 g/mol. The zero-order chi connectivity index (χ0) is 8.85. The van der Waals surface area contributed by atoms with Crippen LogP contribution in [0.15, 0.2) is 0 Å². The van der Waals surface area contributed by atoms with Crippen LogP contribution in [0.3, 0.4) is 0 Å². The highest BCUT2D eigenvalue weighted by Crippen LogP contribution is 1.93. The van der Waals surface area contributed by atoms with Crippen molar-refractivity contribution in [2.75, 3.05) is 20.8 Å². The molecule has 5 nitrogen and oxygen atoms in total. The van der Waals surface area contributed by atoms with E-state index in [0.717, 1.165) is 0 Å². The van der Waals surface area contributed by atoms with Crippen molar-refractivity contribution >= 4 is 6.03 Å². The molecule has 0 aromatic carbocycles. The van der Waals surface area contributed by atoms with E-state index in [0.29, 0.717) is 0 Å². The van der Waals surface area contributed by atoms with E-state index in [1.165, 1.54) is 12.0 Å². The molecule has 5 heteroatoms. The molecule has 0 heterocycles. The van der Waals surface area contributed by atoms with Crippen molar-refractivity contribution in [3.8, 4) is 0 Å². The number of urea groups is 1. The minimum Gasteiger partial charge on any atom is -0.394 e. The van der Waals surface area contributed by atoms with E-state index >= 15 is 0 Å². The molecule has 11 heavy (non-hydrogen) atoms. The third kappa shape index (κ3) is 3.20. The first-order chi connectivity index (χ1) is 5.13. The van der Waals surface area contributed by atoms with Gasteiger partial charge in [-0.2, -0.15) is 0 Å². The summed E-state index contributed by atoms with van der Waals surface area (Å²) in [7, 11) is 2.94. The zero-order valence-electron chi connectivity index (χ0n) is 7.00. The van der Waals surface area contributed by atoms with Crippen LogP contribution in [-0.4, -0.2) is 42.8 Å². The summed E-state index contributed by atoms with van der Waals surface area (Å²) in [5.74, 6) is 0. The average Bonchev–Trinajstić information content (AvgIpc) is 2.02. The van der Waals surface area contributed by atoms with E-state index in [-0.39, 0.29) is 18.7 Å². The summed E-state index contributed by atoms with van der Waals surface area (Å²) < 4.78 is 0. The minimum atomic E-state index is -0.367. The fourth-order valence-electron chi connectivity index (χ4n) is 0.482. The van der Waals surface area contributed by atoms with Gasteiger partial charge in [0, 0.05) is 7.05 Å². The van der Waals surface area contributed by atoms with Gasteiger partial charge in [-0.05, 0) is 6.92 Å². The van der Waals surface area contributed by atoms with Gasteiger partial charge in [0.2, 0.25) is 0 Å². The summed E-state index contributed by atoms with van der Waals surface area (Å²) in [6.45, 7) is 1.67. The Labute approximate surface area is 65.9 Å². The van der Waals surface area contributed by atoms with Gasteiger partial charge in [-0.15, -0.1) is 0 Å². The van der Waals surface area contributed by atoms with Crippen molar-refractivity contribution in [2.24, 2.45) is 0 Å². The molecule has 0 aliphatic heterocycles. The van der Waals surface area contributed by atoms with Gasteiger partial charge < -0.3 is 10.0 Å². The van der Waals surface area contributed by atoms with E-state index in [2.05, 4.69) is 10.3 Å². The third-order valence-corrected chi connectivity index (χ3v) is 1.44. The molecular formula is C6H14N2O3. The highest BCUT2D eigenvalue weighted by Gasteiger charge is 2.13. The zero-order valence-corrected chi connectivity index (χ0v) is 7.00. The maximum absolute atomic E-state index is 10.9. The monoisotopic (exact) mass is 162 g/mol. The quantitative estimate of drug-likeness (QED) is 0.553. The molecule has 0 bridgehead atoms. The maximum atomic E-state index is 10.9. The molecule has 0 aromatic heterocycles. The van der Waals surface area contributed by atoms with Crippen molar-refractivity contribution < 1.29 is 14.7 Å². The van der Waals surface area contributed by atoms with Crippen LogP contribution in [0.25, 0.3) is 0 Å². The Hall–Kier alpha value is -0.810. The minimum absolute atomic E-state index is 0.0619. The third-order valence-electron chi connectivity index (χ3n) is 1.44. The molecule has 66 valence electrons. The molecule has 2 N–H and O–H groups in total. The van der Waals surface area contributed by atoms with Gasteiger partial charge in [0.1, 0.15) is 0 Å². The standard InChI is InChI=1S/C6H14N2O3/c1-5(4-9)8(2)6(10)7-11-3/h5,9H,4H2,1-3H3,(H,7,10). The van der Waals surface area contributed by atoms with Crippen LogP contribution in [-0.2, 0) is 4.84 Å². The smallest absolute Gasteiger partial charge is 0.341 e.